The molecule has 0 aliphatic rings. The molecule has 0 bridgehead atoms. The molecule has 0 radical (unpaired) electrons. The first kappa shape index (κ1) is 16.5. The molecule has 22 heavy (non-hydrogen) atoms. The largest absolute Gasteiger partial charge is 0.508 e. The molecule has 6 heteroatoms. The molecule has 1 aromatic heterocycles. The molecule has 2 rings (SSSR count). The number of phenolic OH excluding ortho intramolecular Hbond substituents is 1. The predicted octanol–water partition coefficient (Wildman–Crippen LogP) is 2.76. The Bertz CT molecular complexity index is 642. The molecule has 0 spiro atoms. The average Bonchev–Trinajstić information content (AvgIpc) is 2.95. The number of thiazole rings is 1. The van der Waals surface area contributed by atoms with Gasteiger partial charge in [0.2, 0.25) is 5.91 Å². The summed E-state index contributed by atoms with van der Waals surface area (Å²) in [6.07, 6.45) is 0.225. The molecule has 0 fully saturated rings. The van der Waals surface area contributed by atoms with Crippen molar-refractivity contribution in [3.05, 3.63) is 45.9 Å². The molecule has 2 aromatic rings. The number of amides is 1. The number of hydrogen-bond acceptors (Lipinski definition) is 5. The van der Waals surface area contributed by atoms with Crippen LogP contribution >= 0.6 is 11.3 Å². The van der Waals surface area contributed by atoms with E-state index in [1.54, 1.807) is 37.3 Å². The van der Waals surface area contributed by atoms with Crippen LogP contribution in [0.2, 0.25) is 0 Å². The van der Waals surface area contributed by atoms with E-state index in [0.717, 1.165) is 16.3 Å². The van der Waals surface area contributed by atoms with E-state index >= 15 is 0 Å². The van der Waals surface area contributed by atoms with Crippen LogP contribution in [-0.2, 0) is 22.5 Å². The molecule has 1 atom stereocenters. The standard InChI is InChI=1S/C16H20N2O3S/c1-11(21-3)16-17-13(10-22-16)9-18(2)15(20)8-12-5-4-6-14(19)7-12/h4-7,10-11,19H,8-9H2,1-3H3/t11-/m0/s1. The molecule has 0 unspecified atom stereocenters. The first-order valence-electron chi connectivity index (χ1n) is 6.98. The summed E-state index contributed by atoms with van der Waals surface area (Å²) < 4.78 is 5.24. The summed E-state index contributed by atoms with van der Waals surface area (Å²) >= 11 is 1.53. The van der Waals surface area contributed by atoms with Gasteiger partial charge in [-0.3, -0.25) is 4.79 Å². The molecule has 1 heterocycles. The lowest BCUT2D eigenvalue weighted by molar-refractivity contribution is -0.129. The maximum absolute atomic E-state index is 12.2. The lowest BCUT2D eigenvalue weighted by Gasteiger charge is -2.16. The van der Waals surface area contributed by atoms with Crippen LogP contribution < -0.4 is 0 Å². The average molecular weight is 320 g/mol. The Morgan fingerprint density at radius 2 is 2.27 bits per heavy atom. The zero-order chi connectivity index (χ0) is 16.1. The Balaban J connectivity index is 1.95. The summed E-state index contributed by atoms with van der Waals surface area (Å²) in [5.41, 5.74) is 1.65. The summed E-state index contributed by atoms with van der Waals surface area (Å²) in [6.45, 7) is 2.41. The smallest absolute Gasteiger partial charge is 0.227 e. The third-order valence-electron chi connectivity index (χ3n) is 3.36. The molecule has 5 nitrogen and oxygen atoms in total. The number of nitrogens with zero attached hydrogens (tertiary/aromatic N) is 2. The predicted molar refractivity (Wildman–Crippen MR) is 85.8 cm³/mol. The fourth-order valence-corrected chi connectivity index (χ4v) is 2.83. The van der Waals surface area contributed by atoms with Gasteiger partial charge in [-0.1, -0.05) is 12.1 Å². The lowest BCUT2D eigenvalue weighted by Crippen LogP contribution is -2.27. The van der Waals surface area contributed by atoms with E-state index in [0.29, 0.717) is 6.54 Å². The third kappa shape index (κ3) is 4.29. The highest BCUT2D eigenvalue weighted by Gasteiger charge is 2.14. The van der Waals surface area contributed by atoms with Crippen LogP contribution in [0.3, 0.4) is 0 Å². The summed E-state index contributed by atoms with van der Waals surface area (Å²) in [7, 11) is 3.40. The van der Waals surface area contributed by atoms with Crippen molar-refractivity contribution in [1.29, 1.82) is 0 Å². The minimum absolute atomic E-state index is 0.0139. The van der Waals surface area contributed by atoms with Gasteiger partial charge in [-0.15, -0.1) is 11.3 Å². The summed E-state index contributed by atoms with van der Waals surface area (Å²) in [5.74, 6) is 0.158. The van der Waals surface area contributed by atoms with Crippen molar-refractivity contribution in [2.75, 3.05) is 14.2 Å². The van der Waals surface area contributed by atoms with Crippen molar-refractivity contribution in [3.8, 4) is 5.75 Å². The van der Waals surface area contributed by atoms with Gasteiger partial charge in [0.1, 0.15) is 16.9 Å². The van der Waals surface area contributed by atoms with E-state index in [2.05, 4.69) is 4.98 Å². The Hall–Kier alpha value is -1.92. The molecule has 1 aromatic carbocycles. The quantitative estimate of drug-likeness (QED) is 0.889. The number of methoxy groups -OCH3 is 1. The number of benzene rings is 1. The molecule has 0 saturated carbocycles. The number of ether oxygens (including phenoxy) is 1. The van der Waals surface area contributed by atoms with Crippen LogP contribution in [0.4, 0.5) is 0 Å². The van der Waals surface area contributed by atoms with Crippen LogP contribution in [-0.4, -0.2) is 35.1 Å². The summed E-state index contributed by atoms with van der Waals surface area (Å²) in [6, 6.07) is 6.75. The Kier molecular flexibility index (Phi) is 5.51. The van der Waals surface area contributed by atoms with Crippen molar-refractivity contribution >= 4 is 17.2 Å². The van der Waals surface area contributed by atoms with Crippen molar-refractivity contribution in [2.45, 2.75) is 26.0 Å². The maximum atomic E-state index is 12.2. The van der Waals surface area contributed by atoms with E-state index in [4.69, 9.17) is 4.74 Å². The number of carbonyl (C=O) groups excluding carboxylic acids is 1. The van der Waals surface area contributed by atoms with E-state index in [1.165, 1.54) is 11.3 Å². The number of carbonyl (C=O) groups is 1. The highest BCUT2D eigenvalue weighted by Crippen LogP contribution is 2.21. The molecule has 118 valence electrons. The van der Waals surface area contributed by atoms with Crippen molar-refractivity contribution < 1.29 is 14.6 Å². The monoisotopic (exact) mass is 320 g/mol. The minimum Gasteiger partial charge on any atom is -0.508 e. The Morgan fingerprint density at radius 3 is 2.95 bits per heavy atom. The van der Waals surface area contributed by atoms with E-state index < -0.39 is 0 Å². The van der Waals surface area contributed by atoms with Gasteiger partial charge in [-0.2, -0.15) is 0 Å². The van der Waals surface area contributed by atoms with Gasteiger partial charge < -0.3 is 14.7 Å². The Morgan fingerprint density at radius 1 is 1.50 bits per heavy atom. The SMILES string of the molecule is CO[C@@H](C)c1nc(CN(C)C(=O)Cc2cccc(O)c2)cs1. The fraction of sp³-hybridized carbons (Fsp3) is 0.375. The summed E-state index contributed by atoms with van der Waals surface area (Å²) in [4.78, 5) is 18.3. The van der Waals surface area contributed by atoms with E-state index in [9.17, 15) is 9.90 Å². The van der Waals surface area contributed by atoms with Gasteiger partial charge in [0.05, 0.1) is 18.7 Å². The second-order valence-electron chi connectivity index (χ2n) is 5.15. The van der Waals surface area contributed by atoms with Crippen LogP contribution in [0.1, 0.15) is 29.3 Å². The maximum Gasteiger partial charge on any atom is 0.227 e. The van der Waals surface area contributed by atoms with E-state index in [-0.39, 0.29) is 24.2 Å². The van der Waals surface area contributed by atoms with Crippen molar-refractivity contribution in [2.24, 2.45) is 0 Å². The molecule has 1 N–H and O–H groups in total. The molecule has 0 aliphatic carbocycles. The zero-order valence-corrected chi connectivity index (χ0v) is 13.8. The van der Waals surface area contributed by atoms with Gasteiger partial charge in [-0.25, -0.2) is 4.98 Å². The second kappa shape index (κ2) is 7.38. The number of rotatable bonds is 6. The highest BCUT2D eigenvalue weighted by molar-refractivity contribution is 7.09. The molecule has 0 saturated heterocycles. The number of hydrogen-bond donors (Lipinski definition) is 1. The van der Waals surface area contributed by atoms with Gasteiger partial charge in [0, 0.05) is 19.5 Å². The third-order valence-corrected chi connectivity index (χ3v) is 4.42. The van der Waals surface area contributed by atoms with Gasteiger partial charge in [0.15, 0.2) is 0 Å². The Labute approximate surface area is 134 Å². The van der Waals surface area contributed by atoms with Crippen LogP contribution in [0.15, 0.2) is 29.6 Å². The fourth-order valence-electron chi connectivity index (χ4n) is 1.99. The number of aromatic nitrogens is 1. The number of phenols is 1. The van der Waals surface area contributed by atoms with Gasteiger partial charge in [-0.05, 0) is 24.6 Å². The van der Waals surface area contributed by atoms with Gasteiger partial charge >= 0.3 is 0 Å². The zero-order valence-electron chi connectivity index (χ0n) is 12.9. The number of likely N-dealkylation sites (N-methyl/N-ethyl adjacent to an activating group) is 1. The van der Waals surface area contributed by atoms with Crippen LogP contribution in [0, 0.1) is 0 Å². The molecule has 1 amide bonds. The molecular weight excluding hydrogens is 300 g/mol. The van der Waals surface area contributed by atoms with Crippen molar-refractivity contribution in [3.63, 3.8) is 0 Å². The molecule has 0 aliphatic heterocycles. The van der Waals surface area contributed by atoms with Crippen molar-refractivity contribution in [1.82, 2.24) is 9.88 Å². The van der Waals surface area contributed by atoms with Crippen LogP contribution in [0.5, 0.6) is 5.75 Å². The highest BCUT2D eigenvalue weighted by atomic mass is 32.1. The van der Waals surface area contributed by atoms with E-state index in [1.807, 2.05) is 18.4 Å². The number of aromatic hydroxyl groups is 1. The minimum atomic E-state index is -0.0351. The second-order valence-corrected chi connectivity index (χ2v) is 6.04. The first-order valence-corrected chi connectivity index (χ1v) is 7.86. The van der Waals surface area contributed by atoms with Gasteiger partial charge in [0.25, 0.3) is 0 Å². The van der Waals surface area contributed by atoms with Crippen LogP contribution in [0.25, 0.3) is 0 Å². The summed E-state index contributed by atoms with van der Waals surface area (Å²) in [5, 5.41) is 12.3. The molecular formula is C16H20N2O3S. The normalized spacial score (nSPS) is 12.1. The lowest BCUT2D eigenvalue weighted by atomic mass is 10.1. The first-order chi connectivity index (χ1) is 10.5. The topological polar surface area (TPSA) is 62.7 Å².